The quantitative estimate of drug-likeness (QED) is 0.508. The second-order valence-corrected chi connectivity index (χ2v) is 7.19. The average molecular weight is 363 g/mol. The van der Waals surface area contributed by atoms with Gasteiger partial charge < -0.3 is 10.2 Å². The Bertz CT molecular complexity index is 383. The first-order chi connectivity index (χ1) is 8.29. The zero-order chi connectivity index (χ0) is 12.1. The number of nitrogens with one attached hydrogen (secondary N) is 1. The molecule has 0 radical (unpaired) electrons. The second kappa shape index (κ2) is 6.58. The molecule has 17 heavy (non-hydrogen) atoms. The molecule has 5 heteroatoms. The van der Waals surface area contributed by atoms with E-state index in [1.54, 1.807) is 0 Å². The van der Waals surface area contributed by atoms with E-state index >= 15 is 0 Å². The summed E-state index contributed by atoms with van der Waals surface area (Å²) in [5, 5.41) is 3.45. The van der Waals surface area contributed by atoms with Crippen molar-refractivity contribution in [3.63, 3.8) is 0 Å². The van der Waals surface area contributed by atoms with E-state index in [1.807, 2.05) is 18.4 Å². The normalized spacial score (nSPS) is 16.6. The second-order valence-electron chi connectivity index (χ2n) is 4.12. The van der Waals surface area contributed by atoms with Gasteiger partial charge in [0, 0.05) is 31.6 Å². The highest BCUT2D eigenvalue weighted by Gasteiger charge is 2.14. The molecule has 2 rings (SSSR count). The van der Waals surface area contributed by atoms with Crippen LogP contribution in [-0.2, 0) is 6.42 Å². The molecular weight excluding hydrogens is 345 g/mol. The first kappa shape index (κ1) is 13.1. The Balaban J connectivity index is 1.76. The Morgan fingerprint density at radius 1 is 1.47 bits per heavy atom. The molecule has 0 saturated carbocycles. The van der Waals surface area contributed by atoms with Crippen molar-refractivity contribution >= 4 is 39.9 Å². The van der Waals surface area contributed by atoms with E-state index in [0.29, 0.717) is 0 Å². The van der Waals surface area contributed by atoms with E-state index in [4.69, 9.17) is 0 Å². The lowest BCUT2D eigenvalue weighted by molar-refractivity contribution is 0.494. The van der Waals surface area contributed by atoms with Crippen molar-refractivity contribution < 1.29 is 0 Å². The van der Waals surface area contributed by atoms with Gasteiger partial charge in [-0.25, -0.2) is 0 Å². The Hall–Kier alpha value is -0.300. The fraction of sp³-hybridized carbons (Fsp3) is 0.583. The molecule has 0 atom stereocenters. The smallest absolute Gasteiger partial charge is 0.193 e. The fourth-order valence-electron chi connectivity index (χ4n) is 2.04. The van der Waals surface area contributed by atoms with Crippen LogP contribution in [0, 0.1) is 2.88 Å². The van der Waals surface area contributed by atoms with Gasteiger partial charge in [0.2, 0.25) is 0 Å². The first-order valence-corrected chi connectivity index (χ1v) is 7.89. The van der Waals surface area contributed by atoms with Crippen LogP contribution in [0.15, 0.2) is 17.1 Å². The number of guanidine groups is 1. The molecule has 1 N–H and O–H groups in total. The molecule has 2 heterocycles. The molecule has 1 aliphatic heterocycles. The van der Waals surface area contributed by atoms with E-state index in [2.05, 4.69) is 49.9 Å². The van der Waals surface area contributed by atoms with E-state index in [1.165, 1.54) is 20.6 Å². The maximum Gasteiger partial charge on any atom is 0.193 e. The average Bonchev–Trinajstić information content (AvgIpc) is 2.96. The molecular formula is C12H18IN3S. The summed E-state index contributed by atoms with van der Waals surface area (Å²) in [6, 6.07) is 4.39. The molecule has 1 aliphatic rings. The highest BCUT2D eigenvalue weighted by molar-refractivity contribution is 14.1. The summed E-state index contributed by atoms with van der Waals surface area (Å²) < 4.78 is 1.36. The van der Waals surface area contributed by atoms with E-state index in [9.17, 15) is 0 Å². The highest BCUT2D eigenvalue weighted by Crippen LogP contribution is 2.18. The number of hydrogen-bond donors (Lipinski definition) is 1. The van der Waals surface area contributed by atoms with Gasteiger partial charge in [-0.2, -0.15) is 0 Å². The molecule has 1 saturated heterocycles. The van der Waals surface area contributed by atoms with Crippen LogP contribution in [0.2, 0.25) is 0 Å². The summed E-state index contributed by atoms with van der Waals surface area (Å²) in [6.07, 6.45) is 3.67. The van der Waals surface area contributed by atoms with Crippen molar-refractivity contribution in [1.29, 1.82) is 0 Å². The maximum absolute atomic E-state index is 4.34. The van der Waals surface area contributed by atoms with Gasteiger partial charge in [-0.3, -0.25) is 4.99 Å². The minimum absolute atomic E-state index is 0.972. The summed E-state index contributed by atoms with van der Waals surface area (Å²) >= 11 is 4.24. The van der Waals surface area contributed by atoms with E-state index < -0.39 is 0 Å². The third-order valence-corrected chi connectivity index (χ3v) is 4.85. The van der Waals surface area contributed by atoms with Crippen LogP contribution in [0.1, 0.15) is 17.7 Å². The number of halogens is 1. The molecule has 1 fully saturated rings. The third-order valence-electron chi connectivity index (χ3n) is 2.90. The molecule has 0 aromatic carbocycles. The molecule has 1 aromatic heterocycles. The van der Waals surface area contributed by atoms with Gasteiger partial charge in [-0.1, -0.05) is 0 Å². The number of likely N-dealkylation sites (tertiary alicyclic amines) is 1. The highest BCUT2D eigenvalue weighted by atomic mass is 127. The van der Waals surface area contributed by atoms with Crippen molar-refractivity contribution in [2.75, 3.05) is 26.7 Å². The van der Waals surface area contributed by atoms with Crippen LogP contribution in [0.3, 0.4) is 0 Å². The minimum Gasteiger partial charge on any atom is -0.356 e. The number of rotatable bonds is 3. The molecule has 0 amide bonds. The maximum atomic E-state index is 4.34. The van der Waals surface area contributed by atoms with Gasteiger partial charge in [-0.05, 0) is 54.0 Å². The van der Waals surface area contributed by atoms with Gasteiger partial charge in [0.25, 0.3) is 0 Å². The first-order valence-electron chi connectivity index (χ1n) is 5.99. The van der Waals surface area contributed by atoms with Crippen molar-refractivity contribution in [3.8, 4) is 0 Å². The van der Waals surface area contributed by atoms with Crippen LogP contribution in [-0.4, -0.2) is 37.5 Å². The number of aliphatic imine (C=N–C) groups is 1. The van der Waals surface area contributed by atoms with Gasteiger partial charge in [0.05, 0.1) is 2.88 Å². The third kappa shape index (κ3) is 3.84. The monoisotopic (exact) mass is 363 g/mol. The van der Waals surface area contributed by atoms with Crippen LogP contribution >= 0.6 is 33.9 Å². The van der Waals surface area contributed by atoms with E-state index in [-0.39, 0.29) is 0 Å². The number of nitrogens with zero attached hydrogens (tertiary/aromatic N) is 2. The molecule has 0 bridgehead atoms. The number of thiophene rings is 1. The van der Waals surface area contributed by atoms with Gasteiger partial charge >= 0.3 is 0 Å². The summed E-state index contributed by atoms with van der Waals surface area (Å²) in [6.45, 7) is 3.27. The number of hydrogen-bond acceptors (Lipinski definition) is 2. The Morgan fingerprint density at radius 2 is 2.24 bits per heavy atom. The van der Waals surface area contributed by atoms with Crippen LogP contribution in [0.5, 0.6) is 0 Å². The van der Waals surface area contributed by atoms with Gasteiger partial charge in [0.1, 0.15) is 0 Å². The molecule has 0 aliphatic carbocycles. The van der Waals surface area contributed by atoms with Crippen molar-refractivity contribution in [1.82, 2.24) is 10.2 Å². The van der Waals surface area contributed by atoms with Crippen LogP contribution < -0.4 is 5.32 Å². The zero-order valence-electron chi connectivity index (χ0n) is 10.1. The van der Waals surface area contributed by atoms with Crippen LogP contribution in [0.25, 0.3) is 0 Å². The van der Waals surface area contributed by atoms with E-state index in [0.717, 1.165) is 32.0 Å². The molecule has 0 unspecified atom stereocenters. The lowest BCUT2D eigenvalue weighted by atomic mass is 10.3. The molecule has 3 nitrogen and oxygen atoms in total. The Kier molecular flexibility index (Phi) is 5.09. The summed E-state index contributed by atoms with van der Waals surface area (Å²) in [7, 11) is 1.87. The predicted octanol–water partition coefficient (Wildman–Crippen LogP) is 2.57. The predicted molar refractivity (Wildman–Crippen MR) is 82.9 cm³/mol. The standard InChI is InChI=1S/C12H18IN3S/c1-14-12(16-8-2-3-9-16)15-7-6-10-4-5-11(13)17-10/h4-5H,2-3,6-9H2,1H3,(H,14,15). The van der Waals surface area contributed by atoms with Gasteiger partial charge in [0.15, 0.2) is 5.96 Å². The Morgan fingerprint density at radius 3 is 2.82 bits per heavy atom. The zero-order valence-corrected chi connectivity index (χ0v) is 13.1. The van der Waals surface area contributed by atoms with Crippen molar-refractivity contribution in [2.24, 2.45) is 4.99 Å². The Labute approximate surface area is 120 Å². The summed E-state index contributed by atoms with van der Waals surface area (Å²) in [5.74, 6) is 1.06. The lowest BCUT2D eigenvalue weighted by Crippen LogP contribution is -2.40. The lowest BCUT2D eigenvalue weighted by Gasteiger charge is -2.20. The molecule has 0 spiro atoms. The largest absolute Gasteiger partial charge is 0.356 e. The SMILES string of the molecule is CN=C(NCCc1ccc(I)s1)N1CCCC1. The minimum atomic E-state index is 0.972. The molecule has 94 valence electrons. The summed E-state index contributed by atoms with van der Waals surface area (Å²) in [5.41, 5.74) is 0. The molecule has 1 aromatic rings. The van der Waals surface area contributed by atoms with Gasteiger partial charge in [-0.15, -0.1) is 11.3 Å². The fourth-order valence-corrected chi connectivity index (χ4v) is 3.80. The van der Waals surface area contributed by atoms with Crippen molar-refractivity contribution in [2.45, 2.75) is 19.3 Å². The van der Waals surface area contributed by atoms with Crippen LogP contribution in [0.4, 0.5) is 0 Å². The summed E-state index contributed by atoms with van der Waals surface area (Å²) in [4.78, 5) is 8.13. The van der Waals surface area contributed by atoms with Crippen molar-refractivity contribution in [3.05, 3.63) is 19.9 Å². The topological polar surface area (TPSA) is 27.6 Å².